The molecule has 0 saturated carbocycles. The minimum atomic E-state index is -4.78. The summed E-state index contributed by atoms with van der Waals surface area (Å²) < 4.78 is 40.1. The lowest BCUT2D eigenvalue weighted by Crippen LogP contribution is -2.61. The molecule has 0 radical (unpaired) electrons. The van der Waals surface area contributed by atoms with Crippen molar-refractivity contribution in [3.63, 3.8) is 0 Å². The second-order valence-corrected chi connectivity index (χ2v) is 5.53. The van der Waals surface area contributed by atoms with Crippen molar-refractivity contribution < 1.29 is 33.2 Å². The van der Waals surface area contributed by atoms with Crippen LogP contribution in [0, 0.1) is 4.91 Å². The number of hydrogen-bond donors (Lipinski definition) is 3. The molecule has 1 aromatic carbocycles. The van der Waals surface area contributed by atoms with Crippen LogP contribution in [0.15, 0.2) is 29.4 Å². The molecule has 2 rings (SSSR count). The van der Waals surface area contributed by atoms with E-state index in [0.29, 0.717) is 5.56 Å². The minimum Gasteiger partial charge on any atom is -0.406 e. The molecule has 4 atom stereocenters. The van der Waals surface area contributed by atoms with Crippen molar-refractivity contribution in [2.24, 2.45) is 5.18 Å². The Morgan fingerprint density at radius 2 is 1.88 bits per heavy atom. The molecule has 1 heterocycles. The van der Waals surface area contributed by atoms with E-state index in [2.05, 4.69) is 9.91 Å². The van der Waals surface area contributed by atoms with Crippen LogP contribution >= 0.6 is 0 Å². The number of aliphatic hydroxyl groups is 3. The van der Waals surface area contributed by atoms with Gasteiger partial charge in [-0.15, -0.1) is 13.2 Å². The number of halogens is 3. The summed E-state index contributed by atoms with van der Waals surface area (Å²) in [6, 6.07) is 3.03. The fraction of sp³-hybridized carbons (Fsp3) is 0.571. The molecule has 1 aliphatic heterocycles. The Balaban J connectivity index is 2.07. The van der Waals surface area contributed by atoms with E-state index in [1.54, 1.807) is 0 Å². The lowest BCUT2D eigenvalue weighted by Gasteiger charge is -2.42. The molecule has 0 spiro atoms. The zero-order valence-corrected chi connectivity index (χ0v) is 12.4. The first-order valence-electron chi connectivity index (χ1n) is 7.13. The molecule has 134 valence electrons. The average molecular weight is 350 g/mol. The van der Waals surface area contributed by atoms with Crippen LogP contribution in [0.4, 0.5) is 13.2 Å². The minimum absolute atomic E-state index is 0.0144. The van der Waals surface area contributed by atoms with Crippen LogP contribution in [0.1, 0.15) is 5.56 Å². The largest absolute Gasteiger partial charge is 0.573 e. The van der Waals surface area contributed by atoms with Gasteiger partial charge in [-0.05, 0) is 17.7 Å². The van der Waals surface area contributed by atoms with E-state index in [4.69, 9.17) is 0 Å². The van der Waals surface area contributed by atoms with Crippen molar-refractivity contribution in [3.8, 4) is 5.75 Å². The van der Waals surface area contributed by atoms with E-state index >= 15 is 0 Å². The van der Waals surface area contributed by atoms with Crippen LogP contribution in [0.25, 0.3) is 0 Å². The van der Waals surface area contributed by atoms with Gasteiger partial charge in [-0.1, -0.05) is 17.3 Å². The number of benzene rings is 1. The highest BCUT2D eigenvalue weighted by atomic mass is 19.4. The number of ether oxygens (including phenoxy) is 1. The molecule has 1 fully saturated rings. The van der Waals surface area contributed by atoms with Gasteiger partial charge in [-0.25, -0.2) is 0 Å². The van der Waals surface area contributed by atoms with Crippen molar-refractivity contribution in [3.05, 3.63) is 34.7 Å². The number of nitroso groups, excluding NO2 is 1. The SMILES string of the molecule is O=NC1[C@@H](O)CN(Cc2ccc(OC(F)(F)F)cc2)[C@H](CO)[C@H]1O. The van der Waals surface area contributed by atoms with Crippen LogP contribution in [0.5, 0.6) is 5.75 Å². The van der Waals surface area contributed by atoms with Gasteiger partial charge in [-0.2, -0.15) is 4.91 Å². The summed E-state index contributed by atoms with van der Waals surface area (Å²) in [6.45, 7) is -0.327. The number of alkyl halides is 3. The maximum atomic E-state index is 12.1. The zero-order chi connectivity index (χ0) is 17.9. The van der Waals surface area contributed by atoms with E-state index in [9.17, 15) is 33.4 Å². The first-order valence-corrected chi connectivity index (χ1v) is 7.13. The highest BCUT2D eigenvalue weighted by molar-refractivity contribution is 5.27. The third kappa shape index (κ3) is 4.41. The van der Waals surface area contributed by atoms with E-state index in [1.807, 2.05) is 0 Å². The first-order chi connectivity index (χ1) is 11.2. The molecular formula is C14H17F3N2O5. The Kier molecular flexibility index (Phi) is 5.75. The van der Waals surface area contributed by atoms with Gasteiger partial charge in [0.05, 0.1) is 18.8 Å². The molecule has 1 saturated heterocycles. The van der Waals surface area contributed by atoms with E-state index < -0.39 is 37.3 Å². The maximum absolute atomic E-state index is 12.1. The van der Waals surface area contributed by atoms with Gasteiger partial charge in [0.2, 0.25) is 0 Å². The molecule has 7 nitrogen and oxygen atoms in total. The highest BCUT2D eigenvalue weighted by Crippen LogP contribution is 2.25. The molecule has 10 heteroatoms. The van der Waals surface area contributed by atoms with Crippen LogP contribution in [-0.4, -0.2) is 64.0 Å². The number of β-amino-alcohol motifs (C(OH)–C–C–N with tert-alkyl or cyclic N) is 1. The van der Waals surface area contributed by atoms with Gasteiger partial charge in [0.1, 0.15) is 17.9 Å². The first kappa shape index (κ1) is 18.6. The number of aliphatic hydroxyl groups excluding tert-OH is 3. The maximum Gasteiger partial charge on any atom is 0.573 e. The normalized spacial score (nSPS) is 28.6. The summed E-state index contributed by atoms with van der Waals surface area (Å²) in [5, 5.41) is 32.0. The third-order valence-electron chi connectivity index (χ3n) is 3.88. The van der Waals surface area contributed by atoms with Gasteiger partial charge in [0.25, 0.3) is 0 Å². The summed E-state index contributed by atoms with van der Waals surface area (Å²) in [5.41, 5.74) is 0.583. The van der Waals surface area contributed by atoms with Crippen molar-refractivity contribution >= 4 is 0 Å². The smallest absolute Gasteiger partial charge is 0.406 e. The van der Waals surface area contributed by atoms with Gasteiger partial charge in [0, 0.05) is 13.1 Å². The van der Waals surface area contributed by atoms with Crippen LogP contribution in [0.2, 0.25) is 0 Å². The van der Waals surface area contributed by atoms with Crippen molar-refractivity contribution in [1.82, 2.24) is 4.90 Å². The van der Waals surface area contributed by atoms with Gasteiger partial charge in [0.15, 0.2) is 0 Å². The monoisotopic (exact) mass is 350 g/mol. The summed E-state index contributed by atoms with van der Waals surface area (Å²) in [4.78, 5) is 12.2. The van der Waals surface area contributed by atoms with Crippen molar-refractivity contribution in [1.29, 1.82) is 0 Å². The number of nitrogens with zero attached hydrogens (tertiary/aromatic N) is 2. The molecule has 0 bridgehead atoms. The predicted molar refractivity (Wildman–Crippen MR) is 76.0 cm³/mol. The summed E-state index contributed by atoms with van der Waals surface area (Å²) in [5.74, 6) is -0.367. The summed E-state index contributed by atoms with van der Waals surface area (Å²) >= 11 is 0. The Morgan fingerprint density at radius 1 is 1.25 bits per heavy atom. The van der Waals surface area contributed by atoms with Gasteiger partial charge >= 0.3 is 6.36 Å². The quantitative estimate of drug-likeness (QED) is 0.673. The molecule has 3 N–H and O–H groups in total. The lowest BCUT2D eigenvalue weighted by molar-refractivity contribution is -0.274. The molecule has 0 aromatic heterocycles. The Morgan fingerprint density at radius 3 is 2.38 bits per heavy atom. The highest BCUT2D eigenvalue weighted by Gasteiger charge is 2.43. The van der Waals surface area contributed by atoms with Crippen LogP contribution in [0.3, 0.4) is 0 Å². The van der Waals surface area contributed by atoms with Crippen LogP contribution in [-0.2, 0) is 6.54 Å². The lowest BCUT2D eigenvalue weighted by atomic mass is 9.92. The predicted octanol–water partition coefficient (Wildman–Crippen LogP) is 0.618. The Bertz CT molecular complexity index is 554. The fourth-order valence-electron chi connectivity index (χ4n) is 2.72. The van der Waals surface area contributed by atoms with E-state index in [-0.39, 0.29) is 18.8 Å². The van der Waals surface area contributed by atoms with Gasteiger partial charge in [-0.3, -0.25) is 4.90 Å². The summed E-state index contributed by atoms with van der Waals surface area (Å²) in [6.07, 6.45) is -7.32. The Labute approximate surface area is 135 Å². The number of piperidine rings is 1. The number of hydrogen-bond acceptors (Lipinski definition) is 7. The zero-order valence-electron chi connectivity index (χ0n) is 12.4. The number of likely N-dealkylation sites (tertiary alicyclic amines) is 1. The standard InChI is InChI=1S/C14H17F3N2O5/c15-14(16,17)24-9-3-1-8(2-4-9)5-19-6-11(21)12(18-23)13(22)10(19)7-20/h1-4,10-13,20-22H,5-7H2/t10-,11+,12?,13-/m1/s1. The van der Waals surface area contributed by atoms with Crippen LogP contribution < -0.4 is 4.74 Å². The van der Waals surface area contributed by atoms with E-state index in [1.165, 1.54) is 17.0 Å². The molecule has 0 aliphatic carbocycles. The van der Waals surface area contributed by atoms with Crippen molar-refractivity contribution in [2.45, 2.75) is 37.2 Å². The second kappa shape index (κ2) is 7.43. The molecular weight excluding hydrogens is 333 g/mol. The summed E-state index contributed by atoms with van der Waals surface area (Å²) in [7, 11) is 0. The topological polar surface area (TPSA) is 103 Å². The molecule has 1 aromatic rings. The number of rotatable bonds is 5. The Hall–Kier alpha value is -1.75. The van der Waals surface area contributed by atoms with Gasteiger partial charge < -0.3 is 20.1 Å². The average Bonchev–Trinajstić information content (AvgIpc) is 2.48. The molecule has 1 aliphatic rings. The molecule has 1 unspecified atom stereocenters. The van der Waals surface area contributed by atoms with Crippen molar-refractivity contribution in [2.75, 3.05) is 13.2 Å². The fourth-order valence-corrected chi connectivity index (χ4v) is 2.72. The van der Waals surface area contributed by atoms with E-state index in [0.717, 1.165) is 12.1 Å². The third-order valence-corrected chi connectivity index (χ3v) is 3.88. The molecule has 0 amide bonds. The second-order valence-electron chi connectivity index (χ2n) is 5.53. The molecule has 24 heavy (non-hydrogen) atoms.